The van der Waals surface area contributed by atoms with E-state index < -0.39 is 11.6 Å². The number of hydrogen-bond acceptors (Lipinski definition) is 3. The van der Waals surface area contributed by atoms with Gasteiger partial charge in [0.05, 0.1) is 0 Å². The van der Waals surface area contributed by atoms with E-state index >= 15 is 0 Å². The normalized spacial score (nSPS) is 10.5. The summed E-state index contributed by atoms with van der Waals surface area (Å²) in [7, 11) is 0. The third-order valence-corrected chi connectivity index (χ3v) is 2.12. The first-order valence-electron chi connectivity index (χ1n) is 4.36. The van der Waals surface area contributed by atoms with Crippen LogP contribution in [0, 0.1) is 6.92 Å². The first-order valence-corrected chi connectivity index (χ1v) is 4.36. The molecule has 2 rings (SSSR count). The average molecular weight is 204 g/mol. The van der Waals surface area contributed by atoms with E-state index in [-0.39, 0.29) is 5.56 Å². The van der Waals surface area contributed by atoms with Crippen molar-refractivity contribution in [3.8, 4) is 0 Å². The Labute approximate surface area is 84.8 Å². The van der Waals surface area contributed by atoms with Gasteiger partial charge in [0.1, 0.15) is 11.1 Å². The molecule has 2 aromatic rings. The molecule has 4 nitrogen and oxygen atoms in total. The van der Waals surface area contributed by atoms with Gasteiger partial charge in [-0.3, -0.25) is 0 Å². The van der Waals surface area contributed by atoms with Gasteiger partial charge in [-0.25, -0.2) is 9.59 Å². The maximum Gasteiger partial charge on any atom is 0.351 e. The number of carbonyl (C=O) groups is 1. The molecule has 15 heavy (non-hydrogen) atoms. The summed E-state index contributed by atoms with van der Waals surface area (Å²) >= 11 is 0. The van der Waals surface area contributed by atoms with E-state index in [4.69, 9.17) is 9.52 Å². The Hall–Kier alpha value is -2.10. The minimum Gasteiger partial charge on any atom is -0.477 e. The average Bonchev–Trinajstić information content (AvgIpc) is 2.15. The highest BCUT2D eigenvalue weighted by Gasteiger charge is 2.11. The number of carboxylic acids is 1. The summed E-state index contributed by atoms with van der Waals surface area (Å²) < 4.78 is 4.90. The van der Waals surface area contributed by atoms with Crippen LogP contribution in [0.15, 0.2) is 33.5 Å². The molecule has 4 heteroatoms. The monoisotopic (exact) mass is 204 g/mol. The van der Waals surface area contributed by atoms with Gasteiger partial charge in [0.15, 0.2) is 0 Å². The van der Waals surface area contributed by atoms with Crippen molar-refractivity contribution in [1.29, 1.82) is 0 Å². The number of rotatable bonds is 1. The van der Waals surface area contributed by atoms with Crippen LogP contribution in [0.3, 0.4) is 0 Å². The quantitative estimate of drug-likeness (QED) is 0.719. The summed E-state index contributed by atoms with van der Waals surface area (Å²) in [4.78, 5) is 21.9. The highest BCUT2D eigenvalue weighted by Crippen LogP contribution is 2.14. The molecule has 0 unspecified atom stereocenters. The van der Waals surface area contributed by atoms with E-state index in [1.54, 1.807) is 12.1 Å². The molecule has 76 valence electrons. The Morgan fingerprint density at radius 2 is 2.07 bits per heavy atom. The minimum atomic E-state index is -1.27. The van der Waals surface area contributed by atoms with Crippen molar-refractivity contribution < 1.29 is 14.3 Å². The molecule has 0 atom stereocenters. The van der Waals surface area contributed by atoms with Gasteiger partial charge in [0, 0.05) is 5.39 Å². The van der Waals surface area contributed by atoms with Gasteiger partial charge >= 0.3 is 11.6 Å². The molecule has 0 radical (unpaired) electrons. The molecule has 0 saturated heterocycles. The Kier molecular flexibility index (Phi) is 2.04. The van der Waals surface area contributed by atoms with Gasteiger partial charge in [0.2, 0.25) is 0 Å². The molecular formula is C11H8O4. The fourth-order valence-corrected chi connectivity index (χ4v) is 1.37. The largest absolute Gasteiger partial charge is 0.477 e. The maximum absolute atomic E-state index is 11.2. The molecular weight excluding hydrogens is 196 g/mol. The van der Waals surface area contributed by atoms with Crippen LogP contribution in [-0.2, 0) is 0 Å². The van der Waals surface area contributed by atoms with E-state index in [0.717, 1.165) is 5.56 Å². The standard InChI is InChI=1S/C11H8O4/c1-6-2-3-7-5-8(10(12)13)11(14)15-9(7)4-6/h2-5H,1H3,(H,12,13). The fraction of sp³-hybridized carbons (Fsp3) is 0.0909. The molecule has 1 aromatic carbocycles. The van der Waals surface area contributed by atoms with Gasteiger partial charge in [-0.05, 0) is 24.6 Å². The van der Waals surface area contributed by atoms with Crippen LogP contribution in [0.4, 0.5) is 0 Å². The van der Waals surface area contributed by atoms with E-state index in [9.17, 15) is 9.59 Å². The number of benzene rings is 1. The molecule has 1 aromatic heterocycles. The molecule has 0 fully saturated rings. The number of hydrogen-bond donors (Lipinski definition) is 1. The number of fused-ring (bicyclic) bond motifs is 1. The van der Waals surface area contributed by atoms with Crippen LogP contribution < -0.4 is 5.63 Å². The van der Waals surface area contributed by atoms with Crippen LogP contribution in [0.2, 0.25) is 0 Å². The zero-order valence-corrected chi connectivity index (χ0v) is 7.98. The summed E-state index contributed by atoms with van der Waals surface area (Å²) in [6.07, 6.45) is 0. The third kappa shape index (κ3) is 1.61. The molecule has 1 heterocycles. The number of aryl methyl sites for hydroxylation is 1. The molecule has 0 aliphatic carbocycles. The summed E-state index contributed by atoms with van der Waals surface area (Å²) in [5, 5.41) is 9.33. The predicted molar refractivity (Wildman–Crippen MR) is 54.2 cm³/mol. The zero-order valence-electron chi connectivity index (χ0n) is 7.98. The molecule has 0 aliphatic heterocycles. The number of carboxylic acid groups (broad SMARTS) is 1. The Bertz CT molecular complexity index is 595. The first kappa shape index (κ1) is 9.45. The van der Waals surface area contributed by atoms with Crippen molar-refractivity contribution in [2.75, 3.05) is 0 Å². The molecule has 0 aliphatic rings. The second-order valence-electron chi connectivity index (χ2n) is 3.29. The maximum atomic E-state index is 11.2. The molecule has 0 amide bonds. The van der Waals surface area contributed by atoms with Gasteiger partial charge in [0.25, 0.3) is 0 Å². The van der Waals surface area contributed by atoms with Gasteiger partial charge in [-0.2, -0.15) is 0 Å². The second-order valence-corrected chi connectivity index (χ2v) is 3.29. The smallest absolute Gasteiger partial charge is 0.351 e. The van der Waals surface area contributed by atoms with Crippen molar-refractivity contribution >= 4 is 16.9 Å². The fourth-order valence-electron chi connectivity index (χ4n) is 1.37. The van der Waals surface area contributed by atoms with Gasteiger partial charge in [-0.1, -0.05) is 12.1 Å². The van der Waals surface area contributed by atoms with Crippen molar-refractivity contribution in [1.82, 2.24) is 0 Å². The summed E-state index contributed by atoms with van der Waals surface area (Å²) in [5.74, 6) is -1.27. The topological polar surface area (TPSA) is 67.5 Å². The second kappa shape index (κ2) is 3.24. The van der Waals surface area contributed by atoms with Crippen molar-refractivity contribution in [2.24, 2.45) is 0 Å². The van der Waals surface area contributed by atoms with Gasteiger partial charge < -0.3 is 9.52 Å². The first-order chi connectivity index (χ1) is 7.08. The van der Waals surface area contributed by atoms with Gasteiger partial charge in [-0.15, -0.1) is 0 Å². The highest BCUT2D eigenvalue weighted by molar-refractivity contribution is 5.91. The summed E-state index contributed by atoms with van der Waals surface area (Å²) in [5.41, 5.74) is 0.200. The lowest BCUT2D eigenvalue weighted by atomic mass is 10.1. The minimum absolute atomic E-state index is 0.341. The molecule has 0 spiro atoms. The number of aromatic carboxylic acids is 1. The zero-order chi connectivity index (χ0) is 11.0. The van der Waals surface area contributed by atoms with E-state index in [2.05, 4.69) is 0 Å². The van der Waals surface area contributed by atoms with Crippen LogP contribution >= 0.6 is 0 Å². The Balaban J connectivity index is 2.82. The van der Waals surface area contributed by atoms with Crippen LogP contribution in [0.5, 0.6) is 0 Å². The van der Waals surface area contributed by atoms with E-state index in [1.807, 2.05) is 13.0 Å². The SMILES string of the molecule is Cc1ccc2cc(C(=O)O)c(=O)oc2c1. The van der Waals surface area contributed by atoms with Crippen LogP contribution in [0.1, 0.15) is 15.9 Å². The van der Waals surface area contributed by atoms with E-state index in [1.165, 1.54) is 6.07 Å². The Morgan fingerprint density at radius 3 is 2.73 bits per heavy atom. The summed E-state index contributed by atoms with van der Waals surface area (Å²) in [6.45, 7) is 1.87. The van der Waals surface area contributed by atoms with Crippen molar-refractivity contribution in [3.05, 3.63) is 45.8 Å². The lowest BCUT2D eigenvalue weighted by Gasteiger charge is -1.99. The molecule has 0 bridgehead atoms. The molecule has 1 N–H and O–H groups in total. The van der Waals surface area contributed by atoms with E-state index in [0.29, 0.717) is 11.0 Å². The lowest BCUT2D eigenvalue weighted by molar-refractivity contribution is 0.0692. The van der Waals surface area contributed by atoms with Crippen molar-refractivity contribution in [2.45, 2.75) is 6.92 Å². The molecule has 0 saturated carbocycles. The predicted octanol–water partition coefficient (Wildman–Crippen LogP) is 1.80. The van der Waals surface area contributed by atoms with Crippen molar-refractivity contribution in [3.63, 3.8) is 0 Å². The Morgan fingerprint density at radius 1 is 1.33 bits per heavy atom. The third-order valence-electron chi connectivity index (χ3n) is 2.12. The summed E-state index contributed by atoms with van der Waals surface area (Å²) in [6, 6.07) is 6.57. The highest BCUT2D eigenvalue weighted by atomic mass is 16.4. The van der Waals surface area contributed by atoms with Crippen LogP contribution in [0.25, 0.3) is 11.0 Å². The lowest BCUT2D eigenvalue weighted by Crippen LogP contribution is -2.12. The van der Waals surface area contributed by atoms with Crippen LogP contribution in [-0.4, -0.2) is 11.1 Å².